The van der Waals surface area contributed by atoms with Crippen molar-refractivity contribution in [2.45, 2.75) is 19.3 Å². The van der Waals surface area contributed by atoms with Crippen LogP contribution >= 0.6 is 0 Å². The lowest BCUT2D eigenvalue weighted by atomic mass is 9.68. The van der Waals surface area contributed by atoms with Crippen molar-refractivity contribution in [2.75, 3.05) is 9.80 Å². The Morgan fingerprint density at radius 2 is 0.760 bits per heavy atom. The number of rotatable bonds is 8. The van der Waals surface area contributed by atoms with Crippen LogP contribution in [-0.4, -0.2) is 0 Å². The first-order valence-corrected chi connectivity index (χ1v) is 25.8. The van der Waals surface area contributed by atoms with Crippen LogP contribution in [-0.2, 0) is 5.41 Å². The Balaban J connectivity index is 0.896. The molecule has 4 nitrogen and oxygen atoms in total. The number of benzene rings is 12. The molecule has 1 aliphatic carbocycles. The lowest BCUT2D eigenvalue weighted by Gasteiger charge is -2.37. The molecule has 0 radical (unpaired) electrons. The highest BCUT2D eigenvalue weighted by Gasteiger charge is 2.35. The monoisotopic (exact) mass is 960 g/mol. The maximum absolute atomic E-state index is 6.76. The molecule has 15 rings (SSSR count). The molecule has 2 aromatic heterocycles. The second-order valence-electron chi connectivity index (χ2n) is 20.4. The van der Waals surface area contributed by atoms with Gasteiger partial charge in [0.25, 0.3) is 0 Å². The van der Waals surface area contributed by atoms with Crippen LogP contribution in [0.5, 0.6) is 0 Å². The Morgan fingerprint density at radius 1 is 0.307 bits per heavy atom. The average molecular weight is 961 g/mol. The Hall–Kier alpha value is -9.64. The van der Waals surface area contributed by atoms with E-state index in [-0.39, 0.29) is 5.41 Å². The number of para-hydroxylation sites is 4. The molecule has 0 N–H and O–H groups in total. The summed E-state index contributed by atoms with van der Waals surface area (Å²) in [6, 6.07) is 92.1. The van der Waals surface area contributed by atoms with Crippen LogP contribution in [0.2, 0.25) is 0 Å². The molecule has 0 fully saturated rings. The summed E-state index contributed by atoms with van der Waals surface area (Å²) in [6.07, 6.45) is 0. The van der Waals surface area contributed by atoms with Crippen LogP contribution in [0.3, 0.4) is 0 Å². The van der Waals surface area contributed by atoms with E-state index in [4.69, 9.17) is 8.83 Å². The fraction of sp³-hybridized carbons (Fsp3) is 0.0423. The zero-order chi connectivity index (χ0) is 49.8. The highest BCUT2D eigenvalue weighted by Crippen LogP contribution is 2.53. The van der Waals surface area contributed by atoms with Crippen molar-refractivity contribution in [1.29, 1.82) is 0 Å². The molecule has 0 saturated heterocycles. The standard InChI is InChI=1S/C71H48N2O2/c1-71(2)62-25-13-22-57-60-43-52(72(50-35-30-47(31-36-50)45-16-5-3-6-17-45)64-26-14-23-58-55-20-9-11-28-66(55)74-69(58)64)39-34-49(60)42-61(68(57)62)54-41-40-53(44-63(54)71)73(51-37-32-48(33-38-51)46-18-7-4-8-19-46)65-27-15-24-59-56-21-10-12-29-67(56)75-70(59)65/h3-44H,1-2H3. The largest absolute Gasteiger partial charge is 0.454 e. The number of fused-ring (bicyclic) bond motifs is 10. The molecule has 0 bridgehead atoms. The van der Waals surface area contributed by atoms with Crippen LogP contribution in [0.25, 0.3) is 98.8 Å². The minimum Gasteiger partial charge on any atom is -0.454 e. The van der Waals surface area contributed by atoms with E-state index in [1.807, 2.05) is 12.1 Å². The van der Waals surface area contributed by atoms with Gasteiger partial charge in [0.05, 0.1) is 11.4 Å². The van der Waals surface area contributed by atoms with Crippen molar-refractivity contribution < 1.29 is 8.83 Å². The van der Waals surface area contributed by atoms with Crippen molar-refractivity contribution in [3.05, 3.63) is 266 Å². The molecule has 4 heteroatoms. The molecule has 0 atom stereocenters. The SMILES string of the molecule is CC1(C)c2cc(N(c3ccc(-c4ccccc4)cc3)c3cccc4c3oc3ccccc34)ccc2-c2cc3ccc(N(c4ccc(-c5ccccc5)cc4)c4cccc5c4oc4ccccc45)cc3c3cccc1c23. The van der Waals surface area contributed by atoms with Gasteiger partial charge in [-0.3, -0.25) is 0 Å². The summed E-state index contributed by atoms with van der Waals surface area (Å²) in [7, 11) is 0. The summed E-state index contributed by atoms with van der Waals surface area (Å²) in [5.74, 6) is 0. The van der Waals surface area contributed by atoms with Gasteiger partial charge in [0.2, 0.25) is 0 Å². The third-order valence-corrected chi connectivity index (χ3v) is 15.8. The molecule has 0 amide bonds. The van der Waals surface area contributed by atoms with Gasteiger partial charge < -0.3 is 18.6 Å². The van der Waals surface area contributed by atoms with Gasteiger partial charge in [-0.2, -0.15) is 0 Å². The summed E-state index contributed by atoms with van der Waals surface area (Å²) < 4.78 is 13.5. The van der Waals surface area contributed by atoms with Crippen LogP contribution in [0.15, 0.2) is 264 Å². The second kappa shape index (κ2) is 16.7. The lowest BCUT2D eigenvalue weighted by Crippen LogP contribution is -2.24. The molecular weight excluding hydrogens is 913 g/mol. The van der Waals surface area contributed by atoms with E-state index in [1.54, 1.807) is 0 Å². The molecule has 0 unspecified atom stereocenters. The molecular formula is C71H48N2O2. The Kier molecular flexibility index (Phi) is 9.58. The third-order valence-electron chi connectivity index (χ3n) is 15.8. The quantitative estimate of drug-likeness (QED) is 0.142. The van der Waals surface area contributed by atoms with Crippen molar-refractivity contribution in [3.63, 3.8) is 0 Å². The predicted octanol–water partition coefficient (Wildman–Crippen LogP) is 20.4. The maximum Gasteiger partial charge on any atom is 0.159 e. The van der Waals surface area contributed by atoms with Gasteiger partial charge in [-0.25, -0.2) is 0 Å². The maximum atomic E-state index is 6.76. The second-order valence-corrected chi connectivity index (χ2v) is 20.4. The topological polar surface area (TPSA) is 32.8 Å². The zero-order valence-electron chi connectivity index (χ0n) is 41.5. The van der Waals surface area contributed by atoms with Gasteiger partial charge in [-0.1, -0.05) is 190 Å². The number of hydrogen-bond donors (Lipinski definition) is 0. The van der Waals surface area contributed by atoms with Gasteiger partial charge >= 0.3 is 0 Å². The number of hydrogen-bond acceptors (Lipinski definition) is 4. The Bertz CT molecular complexity index is 4550. The Morgan fingerprint density at radius 3 is 1.33 bits per heavy atom. The lowest BCUT2D eigenvalue weighted by molar-refractivity contribution is 0.645. The highest BCUT2D eigenvalue weighted by atomic mass is 16.3. The summed E-state index contributed by atoms with van der Waals surface area (Å²) in [4.78, 5) is 4.74. The molecule has 0 spiro atoms. The van der Waals surface area contributed by atoms with E-state index in [1.165, 1.54) is 66.1 Å². The summed E-state index contributed by atoms with van der Waals surface area (Å²) in [5, 5.41) is 9.33. The van der Waals surface area contributed by atoms with Crippen LogP contribution in [0.4, 0.5) is 34.1 Å². The summed E-state index contributed by atoms with van der Waals surface area (Å²) in [5.41, 5.74) is 19.1. The smallest absolute Gasteiger partial charge is 0.159 e. The van der Waals surface area contributed by atoms with Crippen molar-refractivity contribution in [1.82, 2.24) is 0 Å². The van der Waals surface area contributed by atoms with E-state index in [0.717, 1.165) is 78.0 Å². The molecule has 1 aliphatic rings. The third kappa shape index (κ3) is 6.76. The van der Waals surface area contributed by atoms with E-state index in [2.05, 4.69) is 266 Å². The van der Waals surface area contributed by atoms with Gasteiger partial charge in [-0.15, -0.1) is 0 Å². The van der Waals surface area contributed by atoms with Gasteiger partial charge in [-0.05, 0) is 145 Å². The van der Waals surface area contributed by atoms with E-state index in [9.17, 15) is 0 Å². The van der Waals surface area contributed by atoms with Crippen LogP contribution in [0.1, 0.15) is 25.0 Å². The molecule has 12 aromatic carbocycles. The molecule has 0 aliphatic heterocycles. The minimum atomic E-state index is -0.346. The normalized spacial score (nSPS) is 12.8. The molecule has 0 saturated carbocycles. The Labute approximate surface area is 434 Å². The summed E-state index contributed by atoms with van der Waals surface area (Å²) in [6.45, 7) is 4.78. The van der Waals surface area contributed by atoms with Crippen LogP contribution in [0, 0.1) is 0 Å². The fourth-order valence-corrected chi connectivity index (χ4v) is 12.2. The van der Waals surface area contributed by atoms with Gasteiger partial charge in [0.1, 0.15) is 11.2 Å². The first kappa shape index (κ1) is 43.0. The molecule has 354 valence electrons. The van der Waals surface area contributed by atoms with Gasteiger partial charge in [0.15, 0.2) is 11.2 Å². The fourth-order valence-electron chi connectivity index (χ4n) is 12.2. The van der Waals surface area contributed by atoms with E-state index < -0.39 is 0 Å². The number of nitrogens with zero attached hydrogens (tertiary/aromatic N) is 2. The van der Waals surface area contributed by atoms with Crippen molar-refractivity contribution >= 4 is 99.5 Å². The van der Waals surface area contributed by atoms with Crippen LogP contribution < -0.4 is 9.80 Å². The van der Waals surface area contributed by atoms with E-state index in [0.29, 0.717) is 0 Å². The summed E-state index contributed by atoms with van der Waals surface area (Å²) >= 11 is 0. The van der Waals surface area contributed by atoms with E-state index >= 15 is 0 Å². The minimum absolute atomic E-state index is 0.346. The number of furan rings is 2. The van der Waals surface area contributed by atoms with Crippen molar-refractivity contribution in [2.24, 2.45) is 0 Å². The molecule has 2 heterocycles. The first-order valence-electron chi connectivity index (χ1n) is 25.8. The number of anilines is 6. The van der Waals surface area contributed by atoms with Crippen molar-refractivity contribution in [3.8, 4) is 33.4 Å². The van der Waals surface area contributed by atoms with Gasteiger partial charge in [0, 0.05) is 49.7 Å². The predicted molar refractivity (Wildman–Crippen MR) is 314 cm³/mol. The zero-order valence-corrected chi connectivity index (χ0v) is 41.5. The first-order chi connectivity index (χ1) is 36.9. The molecule has 75 heavy (non-hydrogen) atoms. The average Bonchev–Trinajstić information content (AvgIpc) is 4.06. The molecule has 14 aromatic rings. The highest BCUT2D eigenvalue weighted by molar-refractivity contribution is 6.18.